The van der Waals surface area contributed by atoms with E-state index in [1.807, 2.05) is 13.8 Å². The molecule has 0 saturated carbocycles. The Morgan fingerprint density at radius 1 is 1.29 bits per heavy atom. The van der Waals surface area contributed by atoms with Gasteiger partial charge in [0.25, 0.3) is 0 Å². The number of nitrogens with one attached hydrogen (secondary N) is 2. The average molecular weight is 387 g/mol. The van der Waals surface area contributed by atoms with Crippen LogP contribution in [0.2, 0.25) is 0 Å². The second-order valence-corrected chi connectivity index (χ2v) is 7.45. The highest BCUT2D eigenvalue weighted by molar-refractivity contribution is 5.69. The smallest absolute Gasteiger partial charge is 0.311 e. The van der Waals surface area contributed by atoms with Gasteiger partial charge in [0.2, 0.25) is 5.82 Å². The Balaban J connectivity index is 1.86. The van der Waals surface area contributed by atoms with E-state index in [1.165, 1.54) is 12.1 Å². The molecule has 3 rings (SSSR count). The Morgan fingerprint density at radius 2 is 2.07 bits per heavy atom. The van der Waals surface area contributed by atoms with Crippen molar-refractivity contribution in [2.75, 3.05) is 22.1 Å². The summed E-state index contributed by atoms with van der Waals surface area (Å²) in [5.41, 5.74) is 0.821. The van der Waals surface area contributed by atoms with E-state index in [-0.39, 0.29) is 23.4 Å². The fourth-order valence-electron chi connectivity index (χ4n) is 3.48. The quantitative estimate of drug-likeness (QED) is 0.532. The van der Waals surface area contributed by atoms with Crippen LogP contribution in [0.15, 0.2) is 30.3 Å². The van der Waals surface area contributed by atoms with Gasteiger partial charge < -0.3 is 15.5 Å². The van der Waals surface area contributed by atoms with E-state index in [9.17, 15) is 14.5 Å². The molecule has 2 heterocycles. The van der Waals surface area contributed by atoms with E-state index in [0.29, 0.717) is 23.2 Å². The molecule has 1 unspecified atom stereocenters. The SMILES string of the molecule is CC(C)Nc1ccc([N+](=O)[O-])c(Nc2ccc(N3CCCCC3C)c(F)c2)n1. The van der Waals surface area contributed by atoms with Gasteiger partial charge in [-0.1, -0.05) is 0 Å². The Morgan fingerprint density at radius 3 is 2.71 bits per heavy atom. The molecule has 7 nitrogen and oxygen atoms in total. The van der Waals surface area contributed by atoms with E-state index >= 15 is 0 Å². The molecule has 1 aliphatic heterocycles. The molecule has 2 aromatic rings. The summed E-state index contributed by atoms with van der Waals surface area (Å²) < 4.78 is 14.8. The van der Waals surface area contributed by atoms with Crippen molar-refractivity contribution in [2.45, 2.75) is 52.1 Å². The molecule has 2 N–H and O–H groups in total. The number of halogens is 1. The Bertz CT molecular complexity index is 858. The third-order valence-corrected chi connectivity index (χ3v) is 4.83. The number of hydrogen-bond donors (Lipinski definition) is 2. The highest BCUT2D eigenvalue weighted by Crippen LogP contribution is 2.32. The maximum atomic E-state index is 14.8. The lowest BCUT2D eigenvalue weighted by Gasteiger charge is -2.35. The first-order valence-corrected chi connectivity index (χ1v) is 9.60. The van der Waals surface area contributed by atoms with Gasteiger partial charge in [0, 0.05) is 30.4 Å². The van der Waals surface area contributed by atoms with Crippen LogP contribution in [0, 0.1) is 15.9 Å². The summed E-state index contributed by atoms with van der Waals surface area (Å²) in [6.45, 7) is 6.84. The molecule has 150 valence electrons. The first kappa shape index (κ1) is 19.9. The van der Waals surface area contributed by atoms with Crippen molar-refractivity contribution in [3.8, 4) is 0 Å². The predicted octanol–water partition coefficient (Wildman–Crippen LogP) is 5.07. The number of piperidine rings is 1. The molecule has 1 aromatic heterocycles. The molecule has 0 spiro atoms. The van der Waals surface area contributed by atoms with Crippen LogP contribution in [0.3, 0.4) is 0 Å². The van der Waals surface area contributed by atoms with Crippen LogP contribution in [0.5, 0.6) is 0 Å². The number of rotatable bonds is 6. The van der Waals surface area contributed by atoms with Crippen molar-refractivity contribution in [2.24, 2.45) is 0 Å². The van der Waals surface area contributed by atoms with Crippen LogP contribution in [-0.2, 0) is 0 Å². The Hall–Kier alpha value is -2.90. The van der Waals surface area contributed by atoms with E-state index in [4.69, 9.17) is 0 Å². The number of nitro groups is 1. The summed E-state index contributed by atoms with van der Waals surface area (Å²) in [5.74, 6) is 0.245. The lowest BCUT2D eigenvalue weighted by atomic mass is 10.0. The van der Waals surface area contributed by atoms with Gasteiger partial charge in [-0.2, -0.15) is 0 Å². The minimum absolute atomic E-state index is 0.0779. The molecule has 0 radical (unpaired) electrons. The predicted molar refractivity (Wildman–Crippen MR) is 110 cm³/mol. The molecule has 1 fully saturated rings. The van der Waals surface area contributed by atoms with E-state index in [1.54, 1.807) is 18.2 Å². The molecule has 1 saturated heterocycles. The fourth-order valence-corrected chi connectivity index (χ4v) is 3.48. The van der Waals surface area contributed by atoms with Gasteiger partial charge in [-0.15, -0.1) is 0 Å². The lowest BCUT2D eigenvalue weighted by Crippen LogP contribution is -2.37. The number of aromatic nitrogens is 1. The zero-order valence-corrected chi connectivity index (χ0v) is 16.4. The third-order valence-electron chi connectivity index (χ3n) is 4.83. The number of nitrogens with zero attached hydrogens (tertiary/aromatic N) is 3. The average Bonchev–Trinajstić information content (AvgIpc) is 2.62. The zero-order valence-electron chi connectivity index (χ0n) is 16.4. The molecule has 0 aliphatic carbocycles. The van der Waals surface area contributed by atoms with Crippen molar-refractivity contribution in [1.29, 1.82) is 0 Å². The summed E-state index contributed by atoms with van der Waals surface area (Å²) in [4.78, 5) is 17.2. The van der Waals surface area contributed by atoms with E-state index < -0.39 is 4.92 Å². The number of benzene rings is 1. The molecular formula is C20H26FN5O2. The number of hydrogen-bond acceptors (Lipinski definition) is 6. The summed E-state index contributed by atoms with van der Waals surface area (Å²) in [6, 6.07) is 8.19. The maximum Gasteiger partial charge on any atom is 0.311 e. The van der Waals surface area contributed by atoms with Gasteiger partial charge in [0.15, 0.2) is 0 Å². The Labute approximate surface area is 164 Å². The van der Waals surface area contributed by atoms with Crippen molar-refractivity contribution < 1.29 is 9.31 Å². The van der Waals surface area contributed by atoms with Gasteiger partial charge in [-0.05, 0) is 64.3 Å². The zero-order chi connectivity index (χ0) is 20.3. The van der Waals surface area contributed by atoms with E-state index in [0.717, 1.165) is 25.8 Å². The highest BCUT2D eigenvalue weighted by atomic mass is 19.1. The Kier molecular flexibility index (Phi) is 5.96. The normalized spacial score (nSPS) is 16.9. The van der Waals surface area contributed by atoms with E-state index in [2.05, 4.69) is 27.4 Å². The summed E-state index contributed by atoms with van der Waals surface area (Å²) >= 11 is 0. The molecule has 28 heavy (non-hydrogen) atoms. The van der Waals surface area contributed by atoms with Crippen molar-refractivity contribution in [3.05, 3.63) is 46.3 Å². The van der Waals surface area contributed by atoms with Crippen LogP contribution in [-0.4, -0.2) is 28.5 Å². The minimum Gasteiger partial charge on any atom is -0.368 e. The van der Waals surface area contributed by atoms with Crippen molar-refractivity contribution in [3.63, 3.8) is 0 Å². The van der Waals surface area contributed by atoms with Gasteiger partial charge in [-0.25, -0.2) is 9.37 Å². The van der Waals surface area contributed by atoms with Gasteiger partial charge in [0.05, 0.1) is 10.6 Å². The van der Waals surface area contributed by atoms with Gasteiger partial charge in [-0.3, -0.25) is 10.1 Å². The van der Waals surface area contributed by atoms with Crippen molar-refractivity contribution in [1.82, 2.24) is 4.98 Å². The molecule has 1 aromatic carbocycles. The molecule has 1 atom stereocenters. The number of anilines is 4. The first-order valence-electron chi connectivity index (χ1n) is 9.60. The maximum absolute atomic E-state index is 14.8. The third kappa shape index (κ3) is 4.49. The van der Waals surface area contributed by atoms with Crippen LogP contribution < -0.4 is 15.5 Å². The highest BCUT2D eigenvalue weighted by Gasteiger charge is 2.22. The minimum atomic E-state index is -0.505. The lowest BCUT2D eigenvalue weighted by molar-refractivity contribution is -0.384. The number of pyridine rings is 1. The van der Waals surface area contributed by atoms with Gasteiger partial charge in [0.1, 0.15) is 11.6 Å². The van der Waals surface area contributed by atoms with Crippen molar-refractivity contribution >= 4 is 28.7 Å². The standard InChI is InChI=1S/C20H26FN5O2/c1-13(2)22-19-10-9-18(26(27)28)20(24-19)23-15-7-8-17(16(21)12-15)25-11-5-4-6-14(25)3/h7-10,12-14H,4-6,11H2,1-3H3,(H2,22,23,24). The fraction of sp³-hybridized carbons (Fsp3) is 0.450. The van der Waals surface area contributed by atoms with Gasteiger partial charge >= 0.3 is 5.69 Å². The van der Waals surface area contributed by atoms with Crippen LogP contribution in [0.25, 0.3) is 0 Å². The summed E-state index contributed by atoms with van der Waals surface area (Å²) in [6.07, 6.45) is 3.26. The molecular weight excluding hydrogens is 361 g/mol. The second-order valence-electron chi connectivity index (χ2n) is 7.45. The molecule has 0 bridgehead atoms. The molecule has 1 aliphatic rings. The first-order chi connectivity index (χ1) is 13.3. The molecule has 8 heteroatoms. The van der Waals surface area contributed by atoms with Crippen LogP contribution >= 0.6 is 0 Å². The summed E-state index contributed by atoms with van der Waals surface area (Å²) in [5, 5.41) is 17.3. The monoisotopic (exact) mass is 387 g/mol. The summed E-state index contributed by atoms with van der Waals surface area (Å²) in [7, 11) is 0. The largest absolute Gasteiger partial charge is 0.368 e. The second kappa shape index (κ2) is 8.41. The van der Waals surface area contributed by atoms with Crippen LogP contribution in [0.1, 0.15) is 40.0 Å². The molecule has 0 amide bonds. The van der Waals surface area contributed by atoms with Crippen LogP contribution in [0.4, 0.5) is 33.1 Å². The topological polar surface area (TPSA) is 83.3 Å².